The van der Waals surface area contributed by atoms with Crippen LogP contribution in [0.5, 0.6) is 0 Å². The van der Waals surface area contributed by atoms with E-state index in [-0.39, 0.29) is 11.8 Å². The summed E-state index contributed by atoms with van der Waals surface area (Å²) in [5, 5.41) is 0. The van der Waals surface area contributed by atoms with Crippen LogP contribution in [0.1, 0.15) is 24.0 Å². The van der Waals surface area contributed by atoms with Crippen molar-refractivity contribution in [2.45, 2.75) is 25.7 Å². The lowest BCUT2D eigenvalue weighted by Crippen LogP contribution is -2.36. The molecule has 0 spiro atoms. The molecule has 1 aromatic rings. The van der Waals surface area contributed by atoms with Crippen LogP contribution < -0.4 is 0 Å². The highest BCUT2D eigenvalue weighted by Crippen LogP contribution is 2.29. The van der Waals surface area contributed by atoms with E-state index in [2.05, 4.69) is 12.1 Å². The molecule has 0 radical (unpaired) electrons. The number of amides is 1. The number of hydrogen-bond acceptors (Lipinski definition) is 2. The second-order valence-corrected chi connectivity index (χ2v) is 5.33. The van der Waals surface area contributed by atoms with Crippen LogP contribution in [-0.4, -0.2) is 22.3 Å². The predicted molar refractivity (Wildman–Crippen MR) is 70.9 cm³/mol. The molecule has 2 nitrogen and oxygen atoms in total. The van der Waals surface area contributed by atoms with Crippen molar-refractivity contribution in [1.29, 1.82) is 0 Å². The number of likely N-dealkylation sites (tertiary alicyclic amines) is 1. The first-order valence-electron chi connectivity index (χ1n) is 6.16. The fraction of sp³-hybridized carbons (Fsp3) is 0.429. The van der Waals surface area contributed by atoms with E-state index in [9.17, 15) is 4.79 Å². The molecule has 0 bridgehead atoms. The highest BCUT2D eigenvalue weighted by atomic mass is 32.1. The average molecular weight is 245 g/mol. The van der Waals surface area contributed by atoms with E-state index in [4.69, 9.17) is 12.2 Å². The first kappa shape index (κ1) is 10.9. The van der Waals surface area contributed by atoms with Gasteiger partial charge in [0.25, 0.3) is 0 Å². The van der Waals surface area contributed by atoms with Gasteiger partial charge in [-0.2, -0.15) is 0 Å². The van der Waals surface area contributed by atoms with Gasteiger partial charge in [-0.1, -0.05) is 36.5 Å². The SMILES string of the molecule is O=C(C1Cc2ccccc2C1)N1CCCC1=S. The second kappa shape index (κ2) is 4.22. The Bertz CT molecular complexity index is 458. The Balaban J connectivity index is 1.76. The van der Waals surface area contributed by atoms with Gasteiger partial charge in [-0.3, -0.25) is 4.79 Å². The van der Waals surface area contributed by atoms with Gasteiger partial charge in [0.1, 0.15) is 0 Å². The lowest BCUT2D eigenvalue weighted by atomic mass is 10.1. The van der Waals surface area contributed by atoms with Crippen LogP contribution in [-0.2, 0) is 17.6 Å². The van der Waals surface area contributed by atoms with Gasteiger partial charge in [-0.15, -0.1) is 0 Å². The standard InChI is InChI=1S/C14H15NOS/c16-14(15-7-3-6-13(15)17)12-8-10-4-1-2-5-11(10)9-12/h1-2,4-5,12H,3,6-9H2. The maximum absolute atomic E-state index is 12.4. The van der Waals surface area contributed by atoms with E-state index < -0.39 is 0 Å². The minimum absolute atomic E-state index is 0.114. The first-order chi connectivity index (χ1) is 8.25. The van der Waals surface area contributed by atoms with Crippen molar-refractivity contribution < 1.29 is 4.79 Å². The minimum Gasteiger partial charge on any atom is -0.306 e. The number of fused-ring (bicyclic) bond motifs is 1. The Kier molecular flexibility index (Phi) is 2.71. The molecule has 0 saturated carbocycles. The van der Waals surface area contributed by atoms with Gasteiger partial charge >= 0.3 is 0 Å². The molecular weight excluding hydrogens is 230 g/mol. The fourth-order valence-electron chi connectivity index (χ4n) is 2.84. The third kappa shape index (κ3) is 1.89. The number of nitrogens with zero attached hydrogens (tertiary/aromatic N) is 1. The monoisotopic (exact) mass is 245 g/mol. The van der Waals surface area contributed by atoms with E-state index in [0.29, 0.717) is 0 Å². The summed E-state index contributed by atoms with van der Waals surface area (Å²) in [5.74, 6) is 0.354. The van der Waals surface area contributed by atoms with Gasteiger partial charge in [-0.25, -0.2) is 0 Å². The van der Waals surface area contributed by atoms with Gasteiger partial charge in [-0.05, 0) is 30.4 Å². The molecule has 0 unspecified atom stereocenters. The lowest BCUT2D eigenvalue weighted by molar-refractivity contribution is -0.130. The Morgan fingerprint density at radius 3 is 2.41 bits per heavy atom. The summed E-state index contributed by atoms with van der Waals surface area (Å²) in [6.45, 7) is 0.824. The second-order valence-electron chi connectivity index (χ2n) is 4.86. The van der Waals surface area contributed by atoms with Crippen LogP contribution in [0.15, 0.2) is 24.3 Å². The number of carbonyl (C=O) groups is 1. The highest BCUT2D eigenvalue weighted by molar-refractivity contribution is 7.80. The van der Waals surface area contributed by atoms with E-state index in [1.807, 2.05) is 17.0 Å². The normalized spacial score (nSPS) is 19.8. The lowest BCUT2D eigenvalue weighted by Gasteiger charge is -2.19. The van der Waals surface area contributed by atoms with Gasteiger partial charge < -0.3 is 4.90 Å². The molecule has 1 fully saturated rings. The van der Waals surface area contributed by atoms with E-state index in [1.165, 1.54) is 11.1 Å². The van der Waals surface area contributed by atoms with Crippen molar-refractivity contribution in [3.63, 3.8) is 0 Å². The summed E-state index contributed by atoms with van der Waals surface area (Å²) in [6.07, 6.45) is 3.70. The maximum Gasteiger partial charge on any atom is 0.231 e. The molecule has 1 aliphatic carbocycles. The van der Waals surface area contributed by atoms with Gasteiger partial charge in [0.2, 0.25) is 5.91 Å². The molecule has 1 amide bonds. The third-order valence-corrected chi connectivity index (χ3v) is 4.16. The molecule has 0 atom stereocenters. The molecule has 2 aliphatic rings. The molecule has 1 aromatic carbocycles. The Hall–Kier alpha value is -1.22. The Labute approximate surface area is 107 Å². The summed E-state index contributed by atoms with van der Waals surface area (Å²) >= 11 is 5.24. The predicted octanol–water partition coefficient (Wildman–Crippen LogP) is 2.35. The number of thiocarbonyl (C=S) groups is 1. The zero-order valence-corrected chi connectivity index (χ0v) is 10.5. The highest BCUT2D eigenvalue weighted by Gasteiger charge is 2.33. The third-order valence-electron chi connectivity index (χ3n) is 3.74. The topological polar surface area (TPSA) is 20.3 Å². The van der Waals surface area contributed by atoms with Gasteiger partial charge in [0.15, 0.2) is 0 Å². The van der Waals surface area contributed by atoms with Crippen LogP contribution in [0.25, 0.3) is 0 Å². The Morgan fingerprint density at radius 1 is 1.24 bits per heavy atom. The van der Waals surface area contributed by atoms with Crippen molar-refractivity contribution in [3.8, 4) is 0 Å². The quantitative estimate of drug-likeness (QED) is 0.708. The summed E-state index contributed by atoms with van der Waals surface area (Å²) in [4.78, 5) is 15.0. The van der Waals surface area contributed by atoms with E-state index in [0.717, 1.165) is 37.2 Å². The van der Waals surface area contributed by atoms with Crippen molar-refractivity contribution >= 4 is 23.1 Å². The summed E-state index contributed by atoms with van der Waals surface area (Å²) in [6, 6.07) is 8.36. The maximum atomic E-state index is 12.4. The zero-order valence-electron chi connectivity index (χ0n) is 9.69. The van der Waals surface area contributed by atoms with Crippen LogP contribution in [0.4, 0.5) is 0 Å². The average Bonchev–Trinajstić information content (AvgIpc) is 2.93. The molecule has 3 rings (SSSR count). The summed E-state index contributed by atoms with van der Waals surface area (Å²) in [7, 11) is 0. The van der Waals surface area contributed by atoms with E-state index in [1.54, 1.807) is 0 Å². The molecule has 0 N–H and O–H groups in total. The van der Waals surface area contributed by atoms with Gasteiger partial charge in [0.05, 0.1) is 4.99 Å². The van der Waals surface area contributed by atoms with Crippen LogP contribution in [0.2, 0.25) is 0 Å². The Morgan fingerprint density at radius 2 is 1.88 bits per heavy atom. The first-order valence-corrected chi connectivity index (χ1v) is 6.57. The summed E-state index contributed by atoms with van der Waals surface area (Å²) in [5.41, 5.74) is 2.66. The molecule has 17 heavy (non-hydrogen) atoms. The molecule has 88 valence electrons. The van der Waals surface area contributed by atoms with Crippen LogP contribution in [0, 0.1) is 5.92 Å². The minimum atomic E-state index is 0.114. The van der Waals surface area contributed by atoms with Gasteiger partial charge in [0, 0.05) is 18.9 Å². The number of rotatable bonds is 1. The van der Waals surface area contributed by atoms with E-state index >= 15 is 0 Å². The summed E-state index contributed by atoms with van der Waals surface area (Å²) < 4.78 is 0. The fourth-order valence-corrected chi connectivity index (χ4v) is 3.16. The van der Waals surface area contributed by atoms with Crippen molar-refractivity contribution in [3.05, 3.63) is 35.4 Å². The molecular formula is C14H15NOS. The van der Waals surface area contributed by atoms with Crippen molar-refractivity contribution in [2.75, 3.05) is 6.54 Å². The molecule has 0 aromatic heterocycles. The number of hydrogen-bond donors (Lipinski definition) is 0. The molecule has 1 aliphatic heterocycles. The molecule has 1 heterocycles. The number of carbonyl (C=O) groups excluding carboxylic acids is 1. The van der Waals surface area contributed by atoms with Crippen LogP contribution in [0.3, 0.4) is 0 Å². The zero-order chi connectivity index (χ0) is 11.8. The van der Waals surface area contributed by atoms with Crippen LogP contribution >= 0.6 is 12.2 Å². The van der Waals surface area contributed by atoms with Crippen molar-refractivity contribution in [2.24, 2.45) is 5.92 Å². The number of benzene rings is 1. The largest absolute Gasteiger partial charge is 0.306 e. The molecule has 3 heteroatoms. The van der Waals surface area contributed by atoms with Crippen molar-refractivity contribution in [1.82, 2.24) is 4.90 Å². The smallest absolute Gasteiger partial charge is 0.231 e. The molecule has 1 saturated heterocycles.